The maximum absolute atomic E-state index is 3.15. The zero-order chi connectivity index (χ0) is 23.7. The molecule has 0 bridgehead atoms. The van der Waals surface area contributed by atoms with Crippen molar-refractivity contribution in [2.45, 2.75) is 75.8 Å². The highest BCUT2D eigenvalue weighted by Crippen LogP contribution is 2.24. The molecule has 0 fully saturated rings. The van der Waals surface area contributed by atoms with Gasteiger partial charge in [-0.15, -0.1) is 0 Å². The van der Waals surface area contributed by atoms with Crippen molar-refractivity contribution in [3.8, 4) is 0 Å². The highest BCUT2D eigenvalue weighted by Gasteiger charge is 2.07. The Morgan fingerprint density at radius 1 is 0.484 bits per heavy atom. The molecule has 0 spiro atoms. The molecule has 0 heterocycles. The van der Waals surface area contributed by atoms with Crippen LogP contribution in [0.3, 0.4) is 0 Å². The Morgan fingerprint density at radius 3 is 1.13 bits per heavy atom. The third kappa shape index (κ3) is 7.99. The molecular formula is C30H43N. The van der Waals surface area contributed by atoms with Crippen LogP contribution in [0.1, 0.15) is 61.2 Å². The first-order valence-corrected chi connectivity index (χ1v) is 11.3. The molecule has 0 unspecified atom stereocenters. The summed E-state index contributed by atoms with van der Waals surface area (Å²) in [6.07, 6.45) is 0. The van der Waals surface area contributed by atoms with E-state index in [0.29, 0.717) is 0 Å². The summed E-state index contributed by atoms with van der Waals surface area (Å²) < 4.78 is 0. The molecule has 0 aliphatic rings. The highest BCUT2D eigenvalue weighted by atomic mass is 14.8. The van der Waals surface area contributed by atoms with Crippen molar-refractivity contribution in [2.75, 3.05) is 7.05 Å². The van der Waals surface area contributed by atoms with Crippen molar-refractivity contribution in [2.24, 2.45) is 0 Å². The molecule has 0 amide bonds. The number of hydrogen-bond donors (Lipinski definition) is 1. The summed E-state index contributed by atoms with van der Waals surface area (Å²) in [7, 11) is 1.97. The largest absolute Gasteiger partial charge is 0.316 e. The van der Waals surface area contributed by atoms with Gasteiger partial charge in [0.25, 0.3) is 0 Å². The molecule has 3 rings (SSSR count). The summed E-state index contributed by atoms with van der Waals surface area (Å²) in [5.74, 6) is 0. The van der Waals surface area contributed by atoms with Crippen molar-refractivity contribution in [3.63, 3.8) is 0 Å². The minimum Gasteiger partial charge on any atom is -0.316 e. The van der Waals surface area contributed by atoms with Gasteiger partial charge in [0.05, 0.1) is 0 Å². The first-order chi connectivity index (χ1) is 14.5. The summed E-state index contributed by atoms with van der Waals surface area (Å²) in [4.78, 5) is 0. The van der Waals surface area contributed by atoms with Crippen molar-refractivity contribution < 1.29 is 0 Å². The van der Waals surface area contributed by atoms with E-state index in [1.54, 1.807) is 0 Å². The van der Waals surface area contributed by atoms with Gasteiger partial charge in [-0.3, -0.25) is 0 Å². The molecule has 3 aromatic carbocycles. The summed E-state index contributed by atoms with van der Waals surface area (Å²) in [6.45, 7) is 22.7. The topological polar surface area (TPSA) is 12.0 Å². The molecule has 1 nitrogen and oxygen atoms in total. The van der Waals surface area contributed by atoms with Gasteiger partial charge in [-0.25, -0.2) is 0 Å². The second-order valence-electron chi connectivity index (χ2n) is 8.86. The number of rotatable bonds is 2. The average Bonchev–Trinajstić information content (AvgIpc) is 2.75. The van der Waals surface area contributed by atoms with Crippen molar-refractivity contribution >= 4 is 0 Å². The van der Waals surface area contributed by atoms with Crippen LogP contribution in [-0.4, -0.2) is 7.05 Å². The molecule has 0 aromatic heterocycles. The minimum absolute atomic E-state index is 0.966. The summed E-state index contributed by atoms with van der Waals surface area (Å²) in [5.41, 5.74) is 15.5. The molecule has 3 aromatic rings. The van der Waals surface area contributed by atoms with Crippen molar-refractivity contribution in [1.29, 1.82) is 0 Å². The SMILES string of the molecule is CNCc1cc(C)ccc1C.Cc1c(C)c(C)c(C)c(C)c1C.Cc1ccc(C)cc1. The Labute approximate surface area is 191 Å². The molecule has 0 aliphatic carbocycles. The summed E-state index contributed by atoms with van der Waals surface area (Å²) >= 11 is 0. The fraction of sp³-hybridized carbons (Fsp3) is 0.400. The van der Waals surface area contributed by atoms with Gasteiger partial charge in [0.1, 0.15) is 0 Å². The van der Waals surface area contributed by atoms with Gasteiger partial charge in [-0.05, 0) is 121 Å². The van der Waals surface area contributed by atoms with Crippen LogP contribution in [0, 0.1) is 69.2 Å². The van der Waals surface area contributed by atoms with Gasteiger partial charge < -0.3 is 5.32 Å². The molecule has 0 radical (unpaired) electrons. The number of hydrogen-bond acceptors (Lipinski definition) is 1. The van der Waals surface area contributed by atoms with Crippen LogP contribution >= 0.6 is 0 Å². The minimum atomic E-state index is 0.966. The first kappa shape index (κ1) is 26.7. The molecule has 31 heavy (non-hydrogen) atoms. The van der Waals surface area contributed by atoms with Gasteiger partial charge in [0.15, 0.2) is 0 Å². The fourth-order valence-corrected chi connectivity index (χ4v) is 3.51. The smallest absolute Gasteiger partial charge is 0.0205 e. The lowest BCUT2D eigenvalue weighted by atomic mass is 9.90. The van der Waals surface area contributed by atoms with Crippen LogP contribution in [0.15, 0.2) is 42.5 Å². The van der Waals surface area contributed by atoms with E-state index in [4.69, 9.17) is 0 Å². The van der Waals surface area contributed by atoms with Crippen molar-refractivity contribution in [3.05, 3.63) is 104 Å². The second-order valence-corrected chi connectivity index (χ2v) is 8.86. The van der Waals surface area contributed by atoms with E-state index < -0.39 is 0 Å². The molecule has 168 valence electrons. The zero-order valence-electron chi connectivity index (χ0n) is 21.7. The zero-order valence-corrected chi connectivity index (χ0v) is 21.7. The van der Waals surface area contributed by atoms with Crippen LogP contribution in [0.4, 0.5) is 0 Å². The van der Waals surface area contributed by atoms with Crippen LogP contribution in [0.5, 0.6) is 0 Å². The Balaban J connectivity index is 0.000000237. The van der Waals surface area contributed by atoms with Gasteiger partial charge in [-0.2, -0.15) is 0 Å². The van der Waals surface area contributed by atoms with Crippen LogP contribution < -0.4 is 5.32 Å². The third-order valence-electron chi connectivity index (χ3n) is 6.47. The standard InChI is InChI=1S/C12H18.C10H15N.C8H10/c1-7-8(2)10(4)12(6)11(5)9(7)3;1-8-4-5-9(2)10(6-8)7-11-3;1-7-3-5-8(2)6-4-7/h1-6H3;4-6,11H,7H2,1-3H3;3-6H,1-2H3. The molecule has 0 aliphatic heterocycles. The molecular weight excluding hydrogens is 374 g/mol. The highest BCUT2D eigenvalue weighted by molar-refractivity contribution is 5.48. The van der Waals surface area contributed by atoms with E-state index in [-0.39, 0.29) is 0 Å². The van der Waals surface area contributed by atoms with Crippen LogP contribution in [0.25, 0.3) is 0 Å². The maximum Gasteiger partial charge on any atom is 0.0205 e. The number of nitrogens with one attached hydrogen (secondary N) is 1. The van der Waals surface area contributed by atoms with Gasteiger partial charge in [-0.1, -0.05) is 59.2 Å². The Hall–Kier alpha value is -2.38. The average molecular weight is 418 g/mol. The van der Waals surface area contributed by atoms with E-state index in [2.05, 4.69) is 117 Å². The summed E-state index contributed by atoms with van der Waals surface area (Å²) in [6, 6.07) is 15.0. The predicted octanol–water partition coefficient (Wildman–Crippen LogP) is 7.86. The van der Waals surface area contributed by atoms with Gasteiger partial charge >= 0.3 is 0 Å². The van der Waals surface area contributed by atoms with E-state index in [1.165, 1.54) is 61.2 Å². The van der Waals surface area contributed by atoms with Crippen LogP contribution in [0.2, 0.25) is 0 Å². The van der Waals surface area contributed by atoms with E-state index >= 15 is 0 Å². The quantitative estimate of drug-likeness (QED) is 0.447. The first-order valence-electron chi connectivity index (χ1n) is 11.3. The maximum atomic E-state index is 3.15. The van der Waals surface area contributed by atoms with E-state index in [0.717, 1.165) is 6.54 Å². The van der Waals surface area contributed by atoms with E-state index in [1.807, 2.05) is 7.05 Å². The lowest BCUT2D eigenvalue weighted by Gasteiger charge is -2.15. The fourth-order valence-electron chi connectivity index (χ4n) is 3.51. The van der Waals surface area contributed by atoms with E-state index in [9.17, 15) is 0 Å². The number of benzene rings is 3. The van der Waals surface area contributed by atoms with Crippen molar-refractivity contribution in [1.82, 2.24) is 5.32 Å². The monoisotopic (exact) mass is 417 g/mol. The predicted molar refractivity (Wildman–Crippen MR) is 139 cm³/mol. The molecule has 0 atom stereocenters. The normalized spacial score (nSPS) is 10.0. The second kappa shape index (κ2) is 12.5. The lowest BCUT2D eigenvalue weighted by Crippen LogP contribution is -2.06. The number of aryl methyl sites for hydroxylation is 4. The Bertz CT molecular complexity index is 852. The Morgan fingerprint density at radius 2 is 0.806 bits per heavy atom. The molecule has 0 saturated carbocycles. The third-order valence-corrected chi connectivity index (χ3v) is 6.47. The lowest BCUT2D eigenvalue weighted by molar-refractivity contribution is 0.811. The van der Waals surface area contributed by atoms with Gasteiger partial charge in [0.2, 0.25) is 0 Å². The Kier molecular flexibility index (Phi) is 10.7. The molecule has 1 N–H and O–H groups in total. The van der Waals surface area contributed by atoms with Crippen LogP contribution in [-0.2, 0) is 6.54 Å². The summed E-state index contributed by atoms with van der Waals surface area (Å²) in [5, 5.41) is 3.15. The van der Waals surface area contributed by atoms with Gasteiger partial charge in [0, 0.05) is 6.54 Å². The molecule has 1 heteroatoms. The molecule has 0 saturated heterocycles.